The molecule has 0 bridgehead atoms. The van der Waals surface area contributed by atoms with E-state index in [0.717, 1.165) is 13.0 Å². The number of carbonyl (C=O) groups is 1. The summed E-state index contributed by atoms with van der Waals surface area (Å²) in [6.45, 7) is 16.0. The molecule has 13 nitrogen and oxygen atoms in total. The number of esters is 1. The van der Waals surface area contributed by atoms with Gasteiger partial charge in [0.25, 0.3) is 0 Å². The Hall–Kier alpha value is -1.86. The maximum atomic E-state index is 13.6. The molecular formula is C37H65N3O10. The smallest absolute Gasteiger partial charge is 0.311 e. The molecule has 0 aromatic rings. The molecule has 3 heterocycles. The van der Waals surface area contributed by atoms with E-state index in [1.807, 2.05) is 32.7 Å². The molecule has 0 saturated carbocycles. The van der Waals surface area contributed by atoms with Crippen LogP contribution in [0.2, 0.25) is 0 Å². The highest BCUT2D eigenvalue weighted by Crippen LogP contribution is 2.39. The van der Waals surface area contributed by atoms with Crippen molar-refractivity contribution >= 4 is 11.7 Å². The van der Waals surface area contributed by atoms with Gasteiger partial charge in [-0.25, -0.2) is 0 Å². The lowest BCUT2D eigenvalue weighted by atomic mass is 9.73. The minimum absolute atomic E-state index is 0.155. The van der Waals surface area contributed by atoms with Crippen LogP contribution in [0.4, 0.5) is 0 Å². The van der Waals surface area contributed by atoms with Crippen molar-refractivity contribution in [1.29, 1.82) is 0 Å². The molecule has 3 saturated heterocycles. The molecule has 288 valence electrons. The lowest BCUT2D eigenvalue weighted by Crippen LogP contribution is -2.60. The topological polar surface area (TPSA) is 172 Å². The molecule has 0 aliphatic carbocycles. The summed E-state index contributed by atoms with van der Waals surface area (Å²) in [7, 11) is 3.45. The van der Waals surface area contributed by atoms with Crippen LogP contribution in [-0.2, 0) is 28.6 Å². The van der Waals surface area contributed by atoms with E-state index in [1.165, 1.54) is 6.92 Å². The fourth-order valence-corrected chi connectivity index (χ4v) is 7.95. The van der Waals surface area contributed by atoms with Crippen molar-refractivity contribution in [2.24, 2.45) is 28.8 Å². The molecule has 3 fully saturated rings. The van der Waals surface area contributed by atoms with E-state index in [-0.39, 0.29) is 31.1 Å². The Morgan fingerprint density at radius 1 is 1.12 bits per heavy atom. The van der Waals surface area contributed by atoms with Gasteiger partial charge in [-0.1, -0.05) is 32.9 Å². The lowest BCUT2D eigenvalue weighted by molar-refractivity contribution is -0.301. The molecule has 0 radical (unpaired) electrons. The van der Waals surface area contributed by atoms with Crippen LogP contribution >= 0.6 is 0 Å². The number of aliphatic hydroxyl groups excluding tert-OH is 3. The molecule has 15 atom stereocenters. The summed E-state index contributed by atoms with van der Waals surface area (Å²) in [6.07, 6.45) is 0.614. The third-order valence-corrected chi connectivity index (χ3v) is 11.4. The van der Waals surface area contributed by atoms with Gasteiger partial charge in [0.1, 0.15) is 23.9 Å². The van der Waals surface area contributed by atoms with Crippen molar-refractivity contribution in [3.05, 3.63) is 0 Å². The van der Waals surface area contributed by atoms with Gasteiger partial charge in [-0.2, -0.15) is 0 Å². The number of methoxy groups -OCH3 is 1. The van der Waals surface area contributed by atoms with E-state index in [9.17, 15) is 25.2 Å². The number of carbonyl (C=O) groups excluding carboxylic acids is 1. The summed E-state index contributed by atoms with van der Waals surface area (Å²) in [5, 5.41) is 54.7. The van der Waals surface area contributed by atoms with Crippen molar-refractivity contribution in [3.8, 4) is 12.3 Å². The van der Waals surface area contributed by atoms with Gasteiger partial charge in [-0.15, -0.1) is 12.3 Å². The summed E-state index contributed by atoms with van der Waals surface area (Å²) >= 11 is 0. The molecule has 0 aromatic heterocycles. The van der Waals surface area contributed by atoms with Crippen LogP contribution in [0, 0.1) is 36.0 Å². The number of likely N-dealkylation sites (N-methyl/N-ethyl adjacent to an activating group) is 1. The highest BCUT2D eigenvalue weighted by atomic mass is 16.7. The third kappa shape index (κ3) is 9.76. The average Bonchev–Trinajstić information content (AvgIpc) is 3.61. The Labute approximate surface area is 299 Å². The van der Waals surface area contributed by atoms with Crippen LogP contribution in [0.1, 0.15) is 87.5 Å². The number of rotatable bonds is 9. The zero-order valence-electron chi connectivity index (χ0n) is 31.9. The van der Waals surface area contributed by atoms with E-state index in [2.05, 4.69) is 16.4 Å². The van der Waals surface area contributed by atoms with Gasteiger partial charge < -0.3 is 49.5 Å². The first kappa shape index (κ1) is 42.6. The number of terminal acetylenes is 1. The first-order valence-electron chi connectivity index (χ1n) is 18.3. The summed E-state index contributed by atoms with van der Waals surface area (Å²) in [5.41, 5.74) is -2.52. The fraction of sp³-hybridized carbons (Fsp3) is 0.892. The van der Waals surface area contributed by atoms with Crippen LogP contribution in [0.25, 0.3) is 0 Å². The fourth-order valence-electron chi connectivity index (χ4n) is 7.95. The Kier molecular flexibility index (Phi) is 15.5. The molecule has 50 heavy (non-hydrogen) atoms. The standard InChI is InChI=1S/C37H65N3O10/c1-12-14-17-40(10)27-18-22(4)47-35(31(27)42)49-33-24(6)30(41)25(7)34(44)48-28(13-2)37(9,45)32(43)23(5)29(21(3)19-36(33,8)46-11)39-50-26-15-16-38-20-26/h1,21-28,30-33,35,38,41-43,45H,13-20H2,2-11H3/b39-29+/t21-,22-,23+,24+,25-,26-,27+,28-,30+,31-,32-,33-,35+,36-,37-/m1/s1. The van der Waals surface area contributed by atoms with E-state index < -0.39 is 77.7 Å². The summed E-state index contributed by atoms with van der Waals surface area (Å²) < 4.78 is 25.0. The van der Waals surface area contributed by atoms with E-state index in [0.29, 0.717) is 31.6 Å². The minimum Gasteiger partial charge on any atom is -0.459 e. The predicted octanol–water partition coefficient (Wildman–Crippen LogP) is 2.07. The summed E-state index contributed by atoms with van der Waals surface area (Å²) in [6, 6.07) is -0.306. The maximum absolute atomic E-state index is 13.6. The first-order chi connectivity index (χ1) is 23.4. The van der Waals surface area contributed by atoms with Gasteiger partial charge in [0.05, 0.1) is 41.6 Å². The zero-order chi connectivity index (χ0) is 37.6. The molecule has 13 heteroatoms. The van der Waals surface area contributed by atoms with Crippen molar-refractivity contribution in [2.75, 3.05) is 33.8 Å². The number of aliphatic hydroxyl groups is 4. The predicted molar refractivity (Wildman–Crippen MR) is 189 cm³/mol. The molecular weight excluding hydrogens is 646 g/mol. The number of oxime groups is 1. The quantitative estimate of drug-likeness (QED) is 0.134. The Bertz CT molecular complexity index is 1160. The number of nitrogens with zero attached hydrogens (tertiary/aromatic N) is 2. The number of cyclic esters (lactones) is 1. The molecule has 0 aromatic carbocycles. The highest BCUT2D eigenvalue weighted by molar-refractivity contribution is 5.88. The Morgan fingerprint density at radius 3 is 2.38 bits per heavy atom. The Balaban J connectivity index is 2.11. The van der Waals surface area contributed by atoms with Crippen molar-refractivity contribution in [2.45, 2.75) is 154 Å². The zero-order valence-corrected chi connectivity index (χ0v) is 31.9. The van der Waals surface area contributed by atoms with Gasteiger partial charge in [0.2, 0.25) is 0 Å². The van der Waals surface area contributed by atoms with E-state index >= 15 is 0 Å². The molecule has 3 aliphatic heterocycles. The molecule has 3 rings (SSSR count). The average molecular weight is 712 g/mol. The van der Waals surface area contributed by atoms with Crippen LogP contribution in [-0.4, -0.2) is 137 Å². The molecule has 0 unspecified atom stereocenters. The van der Waals surface area contributed by atoms with Gasteiger partial charge in [0, 0.05) is 56.8 Å². The van der Waals surface area contributed by atoms with Crippen molar-refractivity contribution in [1.82, 2.24) is 10.2 Å². The lowest BCUT2D eigenvalue weighted by Gasteiger charge is -2.48. The highest BCUT2D eigenvalue weighted by Gasteiger charge is 2.51. The normalized spacial score (nSPS) is 44.8. The molecule has 0 amide bonds. The van der Waals surface area contributed by atoms with Crippen LogP contribution in [0.15, 0.2) is 5.16 Å². The van der Waals surface area contributed by atoms with Crippen LogP contribution in [0.3, 0.4) is 0 Å². The van der Waals surface area contributed by atoms with Gasteiger partial charge >= 0.3 is 5.97 Å². The van der Waals surface area contributed by atoms with Crippen molar-refractivity contribution < 1.29 is 49.0 Å². The molecule has 5 N–H and O–H groups in total. The van der Waals surface area contributed by atoms with Gasteiger partial charge in [-0.05, 0) is 60.5 Å². The second-order valence-electron chi connectivity index (χ2n) is 15.4. The second kappa shape index (κ2) is 18.3. The SMILES string of the molecule is C#CCCN(C)[C@H]1C[C@@H](C)O[C@@H](O[C@@H]2[C@@H](C)[C@H](O)[C@@H](C)C(=O)O[C@H](CC)[C@@](C)(O)[C@H](O)[C@@H](C)/C(=N/O[C@@H]3CCNC3)[C@H](C)C[C@@]2(C)OC)[C@@H]1O. The molecule has 3 aliphatic rings. The first-order valence-corrected chi connectivity index (χ1v) is 18.3. The molecule has 0 spiro atoms. The largest absolute Gasteiger partial charge is 0.459 e. The number of hydrogen-bond acceptors (Lipinski definition) is 13. The second-order valence-corrected chi connectivity index (χ2v) is 15.4. The Morgan fingerprint density at radius 2 is 1.80 bits per heavy atom. The summed E-state index contributed by atoms with van der Waals surface area (Å²) in [4.78, 5) is 21.6. The third-order valence-electron chi connectivity index (χ3n) is 11.4. The van der Waals surface area contributed by atoms with Gasteiger partial charge in [-0.3, -0.25) is 9.69 Å². The van der Waals surface area contributed by atoms with Gasteiger partial charge in [0.15, 0.2) is 6.29 Å². The van der Waals surface area contributed by atoms with E-state index in [4.69, 9.17) is 30.2 Å². The number of hydrogen-bond donors (Lipinski definition) is 5. The van der Waals surface area contributed by atoms with Crippen LogP contribution < -0.4 is 5.32 Å². The minimum atomic E-state index is -1.86. The van der Waals surface area contributed by atoms with E-state index in [1.54, 1.807) is 34.8 Å². The number of nitrogens with one attached hydrogen (secondary N) is 1. The number of ether oxygens (including phenoxy) is 4. The van der Waals surface area contributed by atoms with Crippen molar-refractivity contribution in [3.63, 3.8) is 0 Å². The van der Waals surface area contributed by atoms with Crippen LogP contribution in [0.5, 0.6) is 0 Å². The maximum Gasteiger partial charge on any atom is 0.311 e. The summed E-state index contributed by atoms with van der Waals surface area (Å²) in [5.74, 6) is -0.990. The monoisotopic (exact) mass is 711 g/mol.